The Balaban J connectivity index is 1.91. The molecule has 72 valence electrons. The summed E-state index contributed by atoms with van der Waals surface area (Å²) >= 11 is 1.77. The molecule has 2 atom stereocenters. The molecule has 2 heterocycles. The highest BCUT2D eigenvalue weighted by Gasteiger charge is 2.26. The fourth-order valence-electron chi connectivity index (χ4n) is 1.87. The third-order valence-electron chi connectivity index (χ3n) is 2.73. The number of hydrogen-bond donors (Lipinski definition) is 1. The van der Waals surface area contributed by atoms with E-state index in [0.29, 0.717) is 12.0 Å². The van der Waals surface area contributed by atoms with Crippen molar-refractivity contribution in [3.8, 4) is 0 Å². The first-order valence-corrected chi connectivity index (χ1v) is 5.69. The van der Waals surface area contributed by atoms with Crippen LogP contribution in [0.15, 0.2) is 16.8 Å². The van der Waals surface area contributed by atoms with Crippen molar-refractivity contribution in [2.24, 2.45) is 11.7 Å². The van der Waals surface area contributed by atoms with E-state index in [1.54, 1.807) is 11.3 Å². The normalized spacial score (nSPS) is 29.7. The van der Waals surface area contributed by atoms with Crippen molar-refractivity contribution in [2.75, 3.05) is 13.1 Å². The lowest BCUT2D eigenvalue weighted by Gasteiger charge is -2.13. The zero-order valence-electron chi connectivity index (χ0n) is 7.94. The summed E-state index contributed by atoms with van der Waals surface area (Å²) < 4.78 is 0. The molecular formula is C10H16N2S. The van der Waals surface area contributed by atoms with Crippen LogP contribution < -0.4 is 5.73 Å². The molecule has 13 heavy (non-hydrogen) atoms. The molecule has 1 aliphatic rings. The maximum Gasteiger partial charge on any atom is 0.0242 e. The van der Waals surface area contributed by atoms with Gasteiger partial charge in [0.25, 0.3) is 0 Å². The molecule has 2 unspecified atom stereocenters. The smallest absolute Gasteiger partial charge is 0.0242 e. The van der Waals surface area contributed by atoms with Crippen molar-refractivity contribution in [3.05, 3.63) is 22.4 Å². The molecule has 1 saturated heterocycles. The highest BCUT2D eigenvalue weighted by atomic mass is 32.1. The second-order valence-corrected chi connectivity index (χ2v) is 4.75. The summed E-state index contributed by atoms with van der Waals surface area (Å²) in [6.07, 6.45) is 0. The number of likely N-dealkylation sites (tertiary alicyclic amines) is 1. The van der Waals surface area contributed by atoms with Crippen LogP contribution >= 0.6 is 11.3 Å². The van der Waals surface area contributed by atoms with E-state index < -0.39 is 0 Å². The van der Waals surface area contributed by atoms with Crippen LogP contribution in [-0.2, 0) is 6.54 Å². The third kappa shape index (κ3) is 2.10. The van der Waals surface area contributed by atoms with Crippen molar-refractivity contribution in [3.63, 3.8) is 0 Å². The van der Waals surface area contributed by atoms with Gasteiger partial charge in [0.1, 0.15) is 0 Å². The van der Waals surface area contributed by atoms with Gasteiger partial charge in [0.15, 0.2) is 0 Å². The molecule has 1 aromatic rings. The predicted molar refractivity (Wildman–Crippen MR) is 56.7 cm³/mol. The molecule has 1 aliphatic heterocycles. The number of rotatable bonds is 2. The number of nitrogens with two attached hydrogens (primary N) is 1. The molecule has 0 saturated carbocycles. The molecule has 2 nitrogen and oxygen atoms in total. The van der Waals surface area contributed by atoms with Gasteiger partial charge in [0, 0.05) is 25.7 Å². The first-order chi connectivity index (χ1) is 6.25. The first-order valence-electron chi connectivity index (χ1n) is 4.74. The zero-order valence-corrected chi connectivity index (χ0v) is 8.76. The summed E-state index contributed by atoms with van der Waals surface area (Å²) in [4.78, 5) is 2.44. The van der Waals surface area contributed by atoms with Crippen LogP contribution in [0.4, 0.5) is 0 Å². The van der Waals surface area contributed by atoms with Crippen LogP contribution in [0.5, 0.6) is 0 Å². The fourth-order valence-corrected chi connectivity index (χ4v) is 2.53. The third-order valence-corrected chi connectivity index (χ3v) is 3.46. The van der Waals surface area contributed by atoms with Gasteiger partial charge in [-0.2, -0.15) is 11.3 Å². The zero-order chi connectivity index (χ0) is 9.26. The van der Waals surface area contributed by atoms with Crippen molar-refractivity contribution in [1.29, 1.82) is 0 Å². The Morgan fingerprint density at radius 1 is 1.62 bits per heavy atom. The van der Waals surface area contributed by atoms with E-state index >= 15 is 0 Å². The Labute approximate surface area is 83.4 Å². The minimum Gasteiger partial charge on any atom is -0.326 e. The van der Waals surface area contributed by atoms with Gasteiger partial charge in [-0.25, -0.2) is 0 Å². The Bertz CT molecular complexity index is 248. The lowest BCUT2D eigenvalue weighted by atomic mass is 10.1. The molecular weight excluding hydrogens is 180 g/mol. The van der Waals surface area contributed by atoms with Crippen LogP contribution in [0, 0.1) is 5.92 Å². The summed E-state index contributed by atoms with van der Waals surface area (Å²) in [6, 6.07) is 2.57. The molecule has 0 aromatic carbocycles. The average molecular weight is 196 g/mol. The highest BCUT2D eigenvalue weighted by molar-refractivity contribution is 7.07. The van der Waals surface area contributed by atoms with Gasteiger partial charge in [-0.3, -0.25) is 4.90 Å². The van der Waals surface area contributed by atoms with Crippen LogP contribution in [0.2, 0.25) is 0 Å². The quantitative estimate of drug-likeness (QED) is 0.777. The molecule has 0 aliphatic carbocycles. The van der Waals surface area contributed by atoms with E-state index in [2.05, 4.69) is 28.7 Å². The van der Waals surface area contributed by atoms with E-state index in [4.69, 9.17) is 5.73 Å². The van der Waals surface area contributed by atoms with Crippen LogP contribution in [0.1, 0.15) is 12.5 Å². The van der Waals surface area contributed by atoms with Gasteiger partial charge in [-0.1, -0.05) is 6.92 Å². The maximum atomic E-state index is 5.96. The van der Waals surface area contributed by atoms with Crippen LogP contribution in [0.25, 0.3) is 0 Å². The summed E-state index contributed by atoms with van der Waals surface area (Å²) in [7, 11) is 0. The van der Waals surface area contributed by atoms with E-state index in [0.717, 1.165) is 19.6 Å². The van der Waals surface area contributed by atoms with E-state index in [9.17, 15) is 0 Å². The van der Waals surface area contributed by atoms with Gasteiger partial charge in [0.2, 0.25) is 0 Å². The standard InChI is InChI=1S/C10H16N2S/c1-8-4-12(6-10(8)11)5-9-2-3-13-7-9/h2-3,7-8,10H,4-6,11H2,1H3. The number of thiophene rings is 1. The molecule has 2 N–H and O–H groups in total. The van der Waals surface area contributed by atoms with Gasteiger partial charge in [0.05, 0.1) is 0 Å². The molecule has 0 bridgehead atoms. The molecule has 3 heteroatoms. The summed E-state index contributed by atoms with van der Waals surface area (Å²) in [5.74, 6) is 0.652. The highest BCUT2D eigenvalue weighted by Crippen LogP contribution is 2.18. The minimum atomic E-state index is 0.374. The summed E-state index contributed by atoms with van der Waals surface area (Å²) in [5.41, 5.74) is 7.38. The van der Waals surface area contributed by atoms with Crippen molar-refractivity contribution in [1.82, 2.24) is 4.90 Å². The minimum absolute atomic E-state index is 0.374. The molecule has 1 fully saturated rings. The van der Waals surface area contributed by atoms with Gasteiger partial charge in [-0.15, -0.1) is 0 Å². The van der Waals surface area contributed by atoms with E-state index in [1.807, 2.05) is 0 Å². The predicted octanol–water partition coefficient (Wildman–Crippen LogP) is 1.53. The average Bonchev–Trinajstić information content (AvgIpc) is 2.64. The second-order valence-electron chi connectivity index (χ2n) is 3.97. The van der Waals surface area contributed by atoms with E-state index in [-0.39, 0.29) is 0 Å². The van der Waals surface area contributed by atoms with E-state index in [1.165, 1.54) is 5.56 Å². The molecule has 0 amide bonds. The van der Waals surface area contributed by atoms with Crippen molar-refractivity contribution in [2.45, 2.75) is 19.5 Å². The molecule has 0 spiro atoms. The van der Waals surface area contributed by atoms with Gasteiger partial charge in [-0.05, 0) is 28.3 Å². The Morgan fingerprint density at radius 2 is 2.46 bits per heavy atom. The van der Waals surface area contributed by atoms with Gasteiger partial charge >= 0.3 is 0 Å². The lowest BCUT2D eigenvalue weighted by molar-refractivity contribution is 0.319. The SMILES string of the molecule is CC1CN(Cc2ccsc2)CC1N. The summed E-state index contributed by atoms with van der Waals surface area (Å²) in [6.45, 7) is 5.51. The second kappa shape index (κ2) is 3.78. The number of nitrogens with zero attached hydrogens (tertiary/aromatic N) is 1. The number of hydrogen-bond acceptors (Lipinski definition) is 3. The van der Waals surface area contributed by atoms with Crippen LogP contribution in [0.3, 0.4) is 0 Å². The Morgan fingerprint density at radius 3 is 3.00 bits per heavy atom. The largest absolute Gasteiger partial charge is 0.326 e. The molecule has 0 radical (unpaired) electrons. The van der Waals surface area contributed by atoms with Gasteiger partial charge < -0.3 is 5.73 Å². The topological polar surface area (TPSA) is 29.3 Å². The lowest BCUT2D eigenvalue weighted by Crippen LogP contribution is -2.28. The Kier molecular flexibility index (Phi) is 2.67. The first kappa shape index (κ1) is 9.19. The maximum absolute atomic E-state index is 5.96. The fraction of sp³-hybridized carbons (Fsp3) is 0.600. The van der Waals surface area contributed by atoms with Crippen molar-refractivity contribution >= 4 is 11.3 Å². The molecule has 1 aromatic heterocycles. The van der Waals surface area contributed by atoms with Crippen molar-refractivity contribution < 1.29 is 0 Å². The molecule has 2 rings (SSSR count). The van der Waals surface area contributed by atoms with Crippen LogP contribution in [-0.4, -0.2) is 24.0 Å². The monoisotopic (exact) mass is 196 g/mol. The summed E-state index contributed by atoms with van der Waals surface area (Å²) in [5, 5.41) is 4.35. The Hall–Kier alpha value is -0.380.